The maximum Gasteiger partial charge on any atom is 0.102 e. The topological polar surface area (TPSA) is 12.5 Å². The van der Waals surface area contributed by atoms with E-state index < -0.39 is 0 Å². The van der Waals surface area contributed by atoms with Gasteiger partial charge in [0.15, 0.2) is 0 Å². The molecule has 8 heteroatoms. The van der Waals surface area contributed by atoms with Crippen LogP contribution in [0.4, 0.5) is 0 Å². The van der Waals surface area contributed by atoms with Gasteiger partial charge in [0.25, 0.3) is 0 Å². The highest BCUT2D eigenvalue weighted by Crippen LogP contribution is 2.31. The monoisotopic (exact) mass is 679 g/mol. The van der Waals surface area contributed by atoms with Crippen LogP contribution in [0, 0.1) is 0 Å². The Balaban J connectivity index is 0.000000258. The highest BCUT2D eigenvalue weighted by molar-refractivity contribution is 6.35. The largest absolute Gasteiger partial charge is 0.367 e. The lowest BCUT2D eigenvalue weighted by atomic mass is 9.93. The Labute approximate surface area is 279 Å². The molecule has 220 valence electrons. The first kappa shape index (κ1) is 34.4. The maximum absolute atomic E-state index is 6.39. The molecule has 0 aliphatic rings. The molecule has 4 aromatic rings. The van der Waals surface area contributed by atoms with Crippen LogP contribution in [0.5, 0.6) is 0 Å². The highest BCUT2D eigenvalue weighted by Gasteiger charge is 2.19. The minimum Gasteiger partial charge on any atom is -0.367 e. The van der Waals surface area contributed by atoms with Gasteiger partial charge in [0.1, 0.15) is 6.10 Å². The van der Waals surface area contributed by atoms with Gasteiger partial charge in [-0.05, 0) is 84.5 Å². The van der Waals surface area contributed by atoms with Gasteiger partial charge in [-0.25, -0.2) is 0 Å². The van der Waals surface area contributed by atoms with Gasteiger partial charge in [-0.15, -0.1) is 0 Å². The maximum atomic E-state index is 6.39. The Morgan fingerprint density at radius 2 is 1.21 bits per heavy atom. The molecule has 0 radical (unpaired) electrons. The predicted molar refractivity (Wildman–Crippen MR) is 183 cm³/mol. The van der Waals surface area contributed by atoms with Crippen LogP contribution in [-0.2, 0) is 11.3 Å². The Morgan fingerprint density at radius 1 is 0.714 bits per heavy atom. The molecule has 4 rings (SSSR count). The molecule has 0 heterocycles. The minimum atomic E-state index is -0.305. The van der Waals surface area contributed by atoms with E-state index in [0.717, 1.165) is 21.2 Å². The summed E-state index contributed by atoms with van der Waals surface area (Å²) in [6.45, 7) is 8.81. The molecular weight excluding hydrogens is 651 g/mol. The van der Waals surface area contributed by atoms with Crippen molar-refractivity contribution in [2.45, 2.75) is 32.5 Å². The number of rotatable bonds is 10. The zero-order chi connectivity index (χ0) is 30.6. The van der Waals surface area contributed by atoms with Crippen LogP contribution < -0.4 is 0 Å². The molecule has 0 fully saturated rings. The summed E-state index contributed by atoms with van der Waals surface area (Å²) in [4.78, 5) is 1.93. The van der Waals surface area contributed by atoms with Gasteiger partial charge < -0.3 is 9.64 Å². The van der Waals surface area contributed by atoms with Crippen LogP contribution in [0.3, 0.4) is 0 Å². The lowest BCUT2D eigenvalue weighted by Gasteiger charge is -2.25. The molecule has 0 bridgehead atoms. The number of hydrogen-bond donors (Lipinski definition) is 0. The van der Waals surface area contributed by atoms with Crippen molar-refractivity contribution in [1.82, 2.24) is 4.90 Å². The van der Waals surface area contributed by atoms with E-state index in [2.05, 4.69) is 37.8 Å². The lowest BCUT2D eigenvalue weighted by Crippen LogP contribution is -2.21. The van der Waals surface area contributed by atoms with E-state index in [9.17, 15) is 0 Å². The van der Waals surface area contributed by atoms with E-state index in [1.807, 2.05) is 60.5 Å². The second-order valence-corrected chi connectivity index (χ2v) is 11.9. The lowest BCUT2D eigenvalue weighted by molar-refractivity contribution is 0.0287. The summed E-state index contributed by atoms with van der Waals surface area (Å²) < 4.78 is 6.16. The number of halogens is 6. The molecule has 2 nitrogen and oxygen atoms in total. The molecule has 0 saturated heterocycles. The summed E-state index contributed by atoms with van der Waals surface area (Å²) in [5, 5.41) is 3.81. The molecular formula is C34H31Cl6NO. The molecule has 42 heavy (non-hydrogen) atoms. The second-order valence-electron chi connectivity index (χ2n) is 9.39. The summed E-state index contributed by atoms with van der Waals surface area (Å²) >= 11 is 36.3. The first-order valence-electron chi connectivity index (χ1n) is 13.1. The van der Waals surface area contributed by atoms with Gasteiger partial charge in [0.05, 0.1) is 13.2 Å². The van der Waals surface area contributed by atoms with Gasteiger partial charge >= 0.3 is 0 Å². The van der Waals surface area contributed by atoms with E-state index in [1.54, 1.807) is 30.5 Å². The van der Waals surface area contributed by atoms with E-state index in [0.29, 0.717) is 39.2 Å². The molecule has 0 N–H and O–H groups in total. The van der Waals surface area contributed by atoms with Crippen LogP contribution >= 0.6 is 69.6 Å². The summed E-state index contributed by atoms with van der Waals surface area (Å²) in [5.74, 6) is 0.356. The fourth-order valence-electron chi connectivity index (χ4n) is 4.11. The van der Waals surface area contributed by atoms with Crippen LogP contribution in [0.1, 0.15) is 48.1 Å². The Bertz CT molecular complexity index is 1430. The average molecular weight is 682 g/mol. The first-order chi connectivity index (χ1) is 20.1. The molecule has 4 aromatic carbocycles. The van der Waals surface area contributed by atoms with Gasteiger partial charge in [-0.2, -0.15) is 0 Å². The van der Waals surface area contributed by atoms with E-state index in [-0.39, 0.29) is 6.10 Å². The van der Waals surface area contributed by atoms with Crippen molar-refractivity contribution in [2.75, 3.05) is 6.54 Å². The fraction of sp³-hybridized carbons (Fsp3) is 0.176. The Kier molecular flexibility index (Phi) is 14.1. The highest BCUT2D eigenvalue weighted by atomic mass is 35.5. The van der Waals surface area contributed by atoms with Gasteiger partial charge in [0.2, 0.25) is 0 Å². The predicted octanol–water partition coefficient (Wildman–Crippen LogP) is 12.7. The van der Waals surface area contributed by atoms with Crippen molar-refractivity contribution in [2.24, 2.45) is 0 Å². The van der Waals surface area contributed by atoms with E-state index >= 15 is 0 Å². The van der Waals surface area contributed by atoms with Gasteiger partial charge in [0, 0.05) is 41.6 Å². The zero-order valence-corrected chi connectivity index (χ0v) is 27.7. The minimum absolute atomic E-state index is 0.305. The van der Waals surface area contributed by atoms with E-state index in [4.69, 9.17) is 74.3 Å². The molecule has 0 aliphatic carbocycles. The van der Waals surface area contributed by atoms with E-state index in [1.165, 1.54) is 11.1 Å². The third-order valence-corrected chi connectivity index (χ3v) is 8.11. The number of ether oxygens (including phenoxy) is 1. The standard InChI is InChI=1S/C20H19Cl4NO.C14H12Cl2/c1-3-9-25(4-2)12-20(17-8-7-16(22)11-19(17)24)26-13-14-5-6-15(21)10-18(14)23;1-10(11-2-6-13(15)7-3-11)12-4-8-14(16)9-5-12/h3-11,20H,2,12-13H2,1H3;2-10H,1H3/b9-3-;. The third-order valence-electron chi connectivity index (χ3n) is 6.46. The van der Waals surface area contributed by atoms with Gasteiger partial charge in [-0.3, -0.25) is 0 Å². The van der Waals surface area contributed by atoms with Crippen molar-refractivity contribution < 1.29 is 4.74 Å². The molecule has 1 unspecified atom stereocenters. The molecule has 1 atom stereocenters. The molecule has 0 saturated carbocycles. The Morgan fingerprint density at radius 3 is 1.69 bits per heavy atom. The molecule has 0 spiro atoms. The summed E-state index contributed by atoms with van der Waals surface area (Å²) in [6.07, 6.45) is 5.27. The first-order valence-corrected chi connectivity index (χ1v) is 15.4. The molecule has 0 amide bonds. The number of allylic oxidation sites excluding steroid dienone is 1. The fourth-order valence-corrected chi connectivity index (χ4v) is 5.35. The van der Waals surface area contributed by atoms with Crippen molar-refractivity contribution in [3.8, 4) is 0 Å². The van der Waals surface area contributed by atoms with Crippen molar-refractivity contribution in [1.29, 1.82) is 0 Å². The smallest absolute Gasteiger partial charge is 0.102 e. The molecule has 0 aromatic heterocycles. The third kappa shape index (κ3) is 10.5. The van der Waals surface area contributed by atoms with Gasteiger partial charge in [-0.1, -0.05) is 126 Å². The molecule has 0 aliphatic heterocycles. The summed E-state index contributed by atoms with van der Waals surface area (Å²) in [7, 11) is 0. The number of hydrogen-bond acceptors (Lipinski definition) is 2. The summed E-state index contributed by atoms with van der Waals surface area (Å²) in [5.41, 5.74) is 4.21. The van der Waals surface area contributed by atoms with Crippen LogP contribution in [-0.4, -0.2) is 11.4 Å². The average Bonchev–Trinajstić information content (AvgIpc) is 2.96. The Hall–Kier alpha value is -2.14. The van der Waals surface area contributed by atoms with Crippen LogP contribution in [0.15, 0.2) is 110 Å². The van der Waals surface area contributed by atoms with Crippen molar-refractivity contribution in [3.63, 3.8) is 0 Å². The number of nitrogens with zero attached hydrogens (tertiary/aromatic N) is 1. The summed E-state index contributed by atoms with van der Waals surface area (Å²) in [6, 6.07) is 26.6. The quantitative estimate of drug-likeness (QED) is 0.165. The van der Waals surface area contributed by atoms with Crippen molar-refractivity contribution >= 4 is 69.6 Å². The second kappa shape index (κ2) is 17.2. The normalized spacial score (nSPS) is 11.7. The van der Waals surface area contributed by atoms with Crippen LogP contribution in [0.25, 0.3) is 0 Å². The SMILES string of the molecule is C=CN(/C=C\C)CC(OCc1ccc(Cl)cc1Cl)c1ccc(Cl)cc1Cl.CC(c1ccc(Cl)cc1)c1ccc(Cl)cc1. The number of benzene rings is 4. The van der Waals surface area contributed by atoms with Crippen LogP contribution in [0.2, 0.25) is 30.1 Å². The van der Waals surface area contributed by atoms with Crippen molar-refractivity contribution in [3.05, 3.63) is 162 Å². The zero-order valence-electron chi connectivity index (χ0n) is 23.2.